The number of aromatic nitrogens is 1. The van der Waals surface area contributed by atoms with Crippen LogP contribution in [0.5, 0.6) is 0 Å². The molecule has 1 aromatic heterocycles. The molecule has 1 N–H and O–H groups in total. The Morgan fingerprint density at radius 1 is 1.00 bits per heavy atom. The molecule has 120 valence electrons. The highest BCUT2D eigenvalue weighted by Crippen LogP contribution is 2.26. The first-order chi connectivity index (χ1) is 11.7. The lowest BCUT2D eigenvalue weighted by Gasteiger charge is -2.09. The molecule has 3 aromatic rings. The van der Waals surface area contributed by atoms with E-state index in [0.29, 0.717) is 11.4 Å². The Balaban J connectivity index is 1.73. The van der Waals surface area contributed by atoms with Gasteiger partial charge in [0.1, 0.15) is 5.82 Å². The summed E-state index contributed by atoms with van der Waals surface area (Å²) in [4.78, 5) is 17.7. The predicted molar refractivity (Wildman–Crippen MR) is 102 cm³/mol. The summed E-state index contributed by atoms with van der Waals surface area (Å²) in [5.74, 6) is 1.20. The van der Waals surface area contributed by atoms with Crippen molar-refractivity contribution >= 4 is 39.4 Å². The number of thioether (sulfide) groups is 1. The molecule has 24 heavy (non-hydrogen) atoms. The molecular formula is C19H15BrN2OS. The van der Waals surface area contributed by atoms with Crippen LogP contribution in [0.15, 0.2) is 82.3 Å². The molecule has 0 fully saturated rings. The lowest BCUT2D eigenvalue weighted by molar-refractivity contribution is 0.102. The minimum atomic E-state index is -0.152. The molecule has 0 aliphatic rings. The summed E-state index contributed by atoms with van der Waals surface area (Å²) in [5, 5.41) is 2.84. The van der Waals surface area contributed by atoms with Gasteiger partial charge in [-0.2, -0.15) is 0 Å². The van der Waals surface area contributed by atoms with E-state index in [1.165, 1.54) is 5.56 Å². The minimum Gasteiger partial charge on any atom is -0.307 e. The molecule has 0 spiro atoms. The number of pyridine rings is 1. The highest BCUT2D eigenvalue weighted by molar-refractivity contribution is 9.10. The maximum absolute atomic E-state index is 12.6. The van der Waals surface area contributed by atoms with E-state index < -0.39 is 0 Å². The molecule has 0 aliphatic heterocycles. The Morgan fingerprint density at radius 2 is 1.75 bits per heavy atom. The number of halogens is 1. The first-order valence-electron chi connectivity index (χ1n) is 7.41. The van der Waals surface area contributed by atoms with Crippen molar-refractivity contribution in [1.29, 1.82) is 0 Å². The molecule has 5 heteroatoms. The predicted octanol–water partition coefficient (Wildman–Crippen LogP) is 5.39. The average Bonchev–Trinajstić information content (AvgIpc) is 2.63. The molecule has 1 heterocycles. The van der Waals surface area contributed by atoms with Gasteiger partial charge in [-0.1, -0.05) is 42.5 Å². The monoisotopic (exact) mass is 398 g/mol. The van der Waals surface area contributed by atoms with E-state index in [2.05, 4.69) is 38.4 Å². The van der Waals surface area contributed by atoms with Crippen LogP contribution in [-0.2, 0) is 5.75 Å². The summed E-state index contributed by atoms with van der Waals surface area (Å²) in [7, 11) is 0. The fourth-order valence-corrected chi connectivity index (χ4v) is 3.39. The molecule has 0 atom stereocenters. The molecule has 3 rings (SSSR count). The van der Waals surface area contributed by atoms with Crippen molar-refractivity contribution < 1.29 is 4.79 Å². The zero-order valence-electron chi connectivity index (χ0n) is 12.8. The average molecular weight is 399 g/mol. The summed E-state index contributed by atoms with van der Waals surface area (Å²) < 4.78 is 0.874. The lowest BCUT2D eigenvalue weighted by Crippen LogP contribution is -2.13. The zero-order chi connectivity index (χ0) is 16.8. The molecule has 0 radical (unpaired) electrons. The normalized spacial score (nSPS) is 10.4. The number of amides is 1. The fraction of sp³-hybridized carbons (Fsp3) is 0.0526. The molecule has 0 saturated carbocycles. The van der Waals surface area contributed by atoms with Crippen molar-refractivity contribution in [3.05, 3.63) is 88.5 Å². The highest BCUT2D eigenvalue weighted by atomic mass is 79.9. The topological polar surface area (TPSA) is 42.0 Å². The first kappa shape index (κ1) is 16.7. The molecule has 3 nitrogen and oxygen atoms in total. The van der Waals surface area contributed by atoms with Gasteiger partial charge in [-0.15, -0.1) is 11.8 Å². The Hall–Kier alpha value is -2.11. The third-order valence-electron chi connectivity index (χ3n) is 3.34. The van der Waals surface area contributed by atoms with Gasteiger partial charge < -0.3 is 5.32 Å². The van der Waals surface area contributed by atoms with Crippen LogP contribution in [0.25, 0.3) is 0 Å². The number of anilines is 1. The maximum atomic E-state index is 12.6. The largest absolute Gasteiger partial charge is 0.307 e. The van der Waals surface area contributed by atoms with Gasteiger partial charge in [0.15, 0.2) is 0 Å². The van der Waals surface area contributed by atoms with Gasteiger partial charge in [-0.05, 0) is 45.8 Å². The van der Waals surface area contributed by atoms with Crippen LogP contribution < -0.4 is 5.32 Å². The van der Waals surface area contributed by atoms with Crippen molar-refractivity contribution in [2.24, 2.45) is 0 Å². The van der Waals surface area contributed by atoms with E-state index >= 15 is 0 Å². The standard InChI is InChI=1S/C19H15BrN2OS/c20-15-10-11-18(21-12-15)22-19(23)16-8-4-5-9-17(16)24-13-14-6-2-1-3-7-14/h1-12H,13H2,(H,21,22,23). The number of hydrogen-bond donors (Lipinski definition) is 1. The number of nitrogens with one attached hydrogen (secondary N) is 1. The number of rotatable bonds is 5. The summed E-state index contributed by atoms with van der Waals surface area (Å²) >= 11 is 4.99. The van der Waals surface area contributed by atoms with Gasteiger partial charge in [-0.25, -0.2) is 4.98 Å². The van der Waals surface area contributed by atoms with Crippen molar-refractivity contribution in [3.8, 4) is 0 Å². The van der Waals surface area contributed by atoms with Gasteiger partial charge in [0.25, 0.3) is 5.91 Å². The third kappa shape index (κ3) is 4.46. The van der Waals surface area contributed by atoms with Crippen molar-refractivity contribution in [2.45, 2.75) is 10.6 Å². The second-order valence-electron chi connectivity index (χ2n) is 5.09. The van der Waals surface area contributed by atoms with Crippen LogP contribution in [0.4, 0.5) is 5.82 Å². The number of hydrogen-bond acceptors (Lipinski definition) is 3. The van der Waals surface area contributed by atoms with Crippen molar-refractivity contribution in [1.82, 2.24) is 4.98 Å². The van der Waals surface area contributed by atoms with E-state index in [-0.39, 0.29) is 5.91 Å². The Morgan fingerprint density at radius 3 is 2.50 bits per heavy atom. The SMILES string of the molecule is O=C(Nc1ccc(Br)cn1)c1ccccc1SCc1ccccc1. The fourth-order valence-electron chi connectivity index (χ4n) is 2.15. The minimum absolute atomic E-state index is 0.152. The molecule has 2 aromatic carbocycles. The Labute approximate surface area is 153 Å². The van der Waals surface area contributed by atoms with Gasteiger partial charge in [0.05, 0.1) is 5.56 Å². The second kappa shape index (κ2) is 8.13. The molecule has 0 saturated heterocycles. The number of carbonyl (C=O) groups is 1. The van der Waals surface area contributed by atoms with E-state index in [4.69, 9.17) is 0 Å². The number of nitrogens with zero attached hydrogens (tertiary/aromatic N) is 1. The molecule has 0 aliphatic carbocycles. The molecular weight excluding hydrogens is 384 g/mol. The summed E-state index contributed by atoms with van der Waals surface area (Å²) in [6.45, 7) is 0. The smallest absolute Gasteiger partial charge is 0.257 e. The second-order valence-corrected chi connectivity index (χ2v) is 7.02. The first-order valence-corrected chi connectivity index (χ1v) is 9.19. The quantitative estimate of drug-likeness (QED) is 0.585. The third-order valence-corrected chi connectivity index (χ3v) is 4.95. The molecule has 0 unspecified atom stereocenters. The summed E-state index contributed by atoms with van der Waals surface area (Å²) in [6.07, 6.45) is 1.66. The van der Waals surface area contributed by atoms with Crippen LogP contribution in [-0.4, -0.2) is 10.9 Å². The van der Waals surface area contributed by atoms with E-state index in [1.807, 2.05) is 48.5 Å². The molecule has 0 bridgehead atoms. The van der Waals surface area contributed by atoms with Gasteiger partial charge in [0, 0.05) is 21.3 Å². The van der Waals surface area contributed by atoms with Gasteiger partial charge >= 0.3 is 0 Å². The van der Waals surface area contributed by atoms with Gasteiger partial charge in [-0.3, -0.25) is 4.79 Å². The van der Waals surface area contributed by atoms with Crippen LogP contribution >= 0.6 is 27.7 Å². The Kier molecular flexibility index (Phi) is 5.67. The number of carbonyl (C=O) groups excluding carboxylic acids is 1. The zero-order valence-corrected chi connectivity index (χ0v) is 15.2. The van der Waals surface area contributed by atoms with Crippen LogP contribution in [0.2, 0.25) is 0 Å². The summed E-state index contributed by atoms with van der Waals surface area (Å²) in [5.41, 5.74) is 1.88. The van der Waals surface area contributed by atoms with Crippen molar-refractivity contribution in [3.63, 3.8) is 0 Å². The molecule has 1 amide bonds. The van der Waals surface area contributed by atoms with E-state index in [0.717, 1.165) is 15.1 Å². The van der Waals surface area contributed by atoms with Crippen LogP contribution in [0, 0.1) is 0 Å². The Bertz CT molecular complexity index is 822. The highest BCUT2D eigenvalue weighted by Gasteiger charge is 2.12. The maximum Gasteiger partial charge on any atom is 0.257 e. The summed E-state index contributed by atoms with van der Waals surface area (Å²) in [6, 6.07) is 21.4. The number of benzene rings is 2. The van der Waals surface area contributed by atoms with E-state index in [1.54, 1.807) is 24.0 Å². The van der Waals surface area contributed by atoms with E-state index in [9.17, 15) is 4.79 Å². The van der Waals surface area contributed by atoms with Gasteiger partial charge in [0.2, 0.25) is 0 Å². The lowest BCUT2D eigenvalue weighted by atomic mass is 10.2. The van der Waals surface area contributed by atoms with Crippen LogP contribution in [0.3, 0.4) is 0 Å². The van der Waals surface area contributed by atoms with Crippen LogP contribution in [0.1, 0.15) is 15.9 Å². The van der Waals surface area contributed by atoms with Crippen molar-refractivity contribution in [2.75, 3.05) is 5.32 Å².